The zero-order valence-electron chi connectivity index (χ0n) is 11.4. The highest BCUT2D eigenvalue weighted by molar-refractivity contribution is 9.10. The molecule has 0 aliphatic rings. The molecule has 0 bridgehead atoms. The fourth-order valence-electron chi connectivity index (χ4n) is 2.06. The summed E-state index contributed by atoms with van der Waals surface area (Å²) in [4.78, 5) is 10.6. The summed E-state index contributed by atoms with van der Waals surface area (Å²) in [6, 6.07) is 11.1. The van der Waals surface area contributed by atoms with Crippen LogP contribution in [0.2, 0.25) is 0 Å². The standard InChI is InChI=1S/C15H14Br2N2O2/c1-2-10-8-12(16)6-7-13(10)18-9-11-4-3-5-14(15(11)17)19(20)21/h3-8,18H,2,9H2,1H3. The van der Waals surface area contributed by atoms with E-state index in [-0.39, 0.29) is 10.6 Å². The van der Waals surface area contributed by atoms with E-state index in [4.69, 9.17) is 0 Å². The Morgan fingerprint density at radius 2 is 1.95 bits per heavy atom. The molecule has 2 aromatic rings. The first-order chi connectivity index (χ1) is 10.0. The fourth-order valence-corrected chi connectivity index (χ4v) is 3.02. The van der Waals surface area contributed by atoms with E-state index in [9.17, 15) is 10.1 Å². The van der Waals surface area contributed by atoms with Gasteiger partial charge in [-0.25, -0.2) is 0 Å². The molecule has 0 aromatic heterocycles. The van der Waals surface area contributed by atoms with E-state index in [1.165, 1.54) is 11.6 Å². The third kappa shape index (κ3) is 3.83. The van der Waals surface area contributed by atoms with E-state index in [0.29, 0.717) is 11.0 Å². The zero-order valence-corrected chi connectivity index (χ0v) is 14.6. The smallest absolute Gasteiger partial charge is 0.283 e. The molecule has 0 atom stereocenters. The largest absolute Gasteiger partial charge is 0.381 e. The van der Waals surface area contributed by atoms with Crippen LogP contribution in [-0.2, 0) is 13.0 Å². The average Bonchev–Trinajstić information content (AvgIpc) is 2.46. The van der Waals surface area contributed by atoms with E-state index in [0.717, 1.165) is 22.1 Å². The second-order valence-electron chi connectivity index (χ2n) is 4.52. The molecule has 0 radical (unpaired) electrons. The molecule has 1 N–H and O–H groups in total. The molecule has 4 nitrogen and oxygen atoms in total. The highest BCUT2D eigenvalue weighted by Gasteiger charge is 2.14. The highest BCUT2D eigenvalue weighted by Crippen LogP contribution is 2.29. The molecule has 0 saturated carbocycles. The van der Waals surface area contributed by atoms with Crippen LogP contribution < -0.4 is 5.32 Å². The predicted molar refractivity (Wildman–Crippen MR) is 91.6 cm³/mol. The van der Waals surface area contributed by atoms with Crippen LogP contribution in [0.1, 0.15) is 18.1 Å². The van der Waals surface area contributed by atoms with Crippen LogP contribution >= 0.6 is 31.9 Å². The summed E-state index contributed by atoms with van der Waals surface area (Å²) in [6.07, 6.45) is 0.915. The first-order valence-electron chi connectivity index (χ1n) is 6.47. The maximum Gasteiger partial charge on any atom is 0.283 e. The predicted octanol–water partition coefficient (Wildman–Crippen LogP) is 5.29. The van der Waals surface area contributed by atoms with Gasteiger partial charge in [-0.2, -0.15) is 0 Å². The monoisotopic (exact) mass is 412 g/mol. The van der Waals surface area contributed by atoms with Gasteiger partial charge in [-0.1, -0.05) is 35.0 Å². The Morgan fingerprint density at radius 1 is 1.19 bits per heavy atom. The SMILES string of the molecule is CCc1cc(Br)ccc1NCc1cccc([N+](=O)[O-])c1Br. The molecule has 0 fully saturated rings. The van der Waals surface area contributed by atoms with Crippen molar-refractivity contribution in [3.05, 3.63) is 66.6 Å². The number of benzene rings is 2. The molecule has 2 aromatic carbocycles. The van der Waals surface area contributed by atoms with Crippen molar-refractivity contribution < 1.29 is 4.92 Å². The summed E-state index contributed by atoms with van der Waals surface area (Å²) in [5.74, 6) is 0. The second-order valence-corrected chi connectivity index (χ2v) is 6.22. The summed E-state index contributed by atoms with van der Waals surface area (Å²) >= 11 is 6.77. The first-order valence-corrected chi connectivity index (χ1v) is 8.05. The summed E-state index contributed by atoms with van der Waals surface area (Å²) < 4.78 is 1.57. The third-order valence-corrected chi connectivity index (χ3v) is 4.58. The molecule has 0 spiro atoms. The van der Waals surface area contributed by atoms with Gasteiger partial charge in [0.05, 0.1) is 4.92 Å². The minimum Gasteiger partial charge on any atom is -0.381 e. The number of nitrogens with zero attached hydrogens (tertiary/aromatic N) is 1. The van der Waals surface area contributed by atoms with Crippen molar-refractivity contribution in [3.8, 4) is 0 Å². The summed E-state index contributed by atoms with van der Waals surface area (Å²) in [5, 5.41) is 14.3. The van der Waals surface area contributed by atoms with Crippen LogP contribution in [0.4, 0.5) is 11.4 Å². The second kappa shape index (κ2) is 7.04. The maximum atomic E-state index is 10.9. The summed E-state index contributed by atoms with van der Waals surface area (Å²) in [6.45, 7) is 2.62. The normalized spacial score (nSPS) is 10.4. The molecule has 0 aliphatic carbocycles. The lowest BCUT2D eigenvalue weighted by Crippen LogP contribution is -2.04. The maximum absolute atomic E-state index is 10.9. The lowest BCUT2D eigenvalue weighted by molar-refractivity contribution is -0.385. The topological polar surface area (TPSA) is 55.2 Å². The van der Waals surface area contributed by atoms with E-state index < -0.39 is 0 Å². The molecule has 2 rings (SSSR count). The average molecular weight is 414 g/mol. The van der Waals surface area contributed by atoms with E-state index >= 15 is 0 Å². The lowest BCUT2D eigenvalue weighted by atomic mass is 10.1. The number of nitro benzene ring substituents is 1. The molecule has 0 saturated heterocycles. The van der Waals surface area contributed by atoms with E-state index in [1.807, 2.05) is 18.2 Å². The molecule has 6 heteroatoms. The number of nitrogens with one attached hydrogen (secondary N) is 1. The molecular weight excluding hydrogens is 400 g/mol. The van der Waals surface area contributed by atoms with Gasteiger partial charge < -0.3 is 5.32 Å². The number of halogens is 2. The van der Waals surface area contributed by atoms with E-state index in [2.05, 4.69) is 50.2 Å². The van der Waals surface area contributed by atoms with Crippen LogP contribution in [0.25, 0.3) is 0 Å². The van der Waals surface area contributed by atoms with Crippen LogP contribution in [0.3, 0.4) is 0 Å². The van der Waals surface area contributed by atoms with Gasteiger partial charge in [-0.3, -0.25) is 10.1 Å². The Balaban J connectivity index is 2.21. The summed E-state index contributed by atoms with van der Waals surface area (Å²) in [7, 11) is 0. The Bertz CT molecular complexity index is 675. The van der Waals surface area contributed by atoms with Crippen molar-refractivity contribution in [2.24, 2.45) is 0 Å². The lowest BCUT2D eigenvalue weighted by Gasteiger charge is -2.12. The molecule has 0 aliphatic heterocycles. The molecule has 0 heterocycles. The Morgan fingerprint density at radius 3 is 2.62 bits per heavy atom. The minimum absolute atomic E-state index is 0.0841. The van der Waals surface area contributed by atoms with Crippen molar-refractivity contribution in [3.63, 3.8) is 0 Å². The number of anilines is 1. The number of nitro groups is 1. The van der Waals surface area contributed by atoms with Crippen LogP contribution in [0.15, 0.2) is 45.3 Å². The molecule has 21 heavy (non-hydrogen) atoms. The van der Waals surface area contributed by atoms with Gasteiger partial charge in [0.2, 0.25) is 0 Å². The van der Waals surface area contributed by atoms with Crippen LogP contribution in [0.5, 0.6) is 0 Å². The third-order valence-electron chi connectivity index (χ3n) is 3.17. The van der Waals surface area contributed by atoms with Gasteiger partial charge in [-0.15, -0.1) is 0 Å². The number of aryl methyl sites for hydroxylation is 1. The van der Waals surface area contributed by atoms with Gasteiger partial charge in [0.25, 0.3) is 5.69 Å². The minimum atomic E-state index is -0.384. The number of hydrogen-bond acceptors (Lipinski definition) is 3. The van der Waals surface area contributed by atoms with Gasteiger partial charge in [0.15, 0.2) is 0 Å². The Labute approximate surface area is 140 Å². The Kier molecular flexibility index (Phi) is 5.36. The molecule has 110 valence electrons. The van der Waals surface area contributed by atoms with Gasteiger partial charge >= 0.3 is 0 Å². The van der Waals surface area contributed by atoms with E-state index in [1.54, 1.807) is 6.07 Å². The van der Waals surface area contributed by atoms with Crippen LogP contribution in [0, 0.1) is 10.1 Å². The number of rotatable bonds is 5. The van der Waals surface area contributed by atoms with Crippen molar-refractivity contribution >= 4 is 43.2 Å². The van der Waals surface area contributed by atoms with Gasteiger partial charge in [-0.05, 0) is 51.7 Å². The van der Waals surface area contributed by atoms with Crippen molar-refractivity contribution in [2.75, 3.05) is 5.32 Å². The molecule has 0 unspecified atom stereocenters. The molecular formula is C15H14Br2N2O2. The molecule has 0 amide bonds. The van der Waals surface area contributed by atoms with Crippen molar-refractivity contribution in [1.82, 2.24) is 0 Å². The quantitative estimate of drug-likeness (QED) is 0.534. The summed E-state index contributed by atoms with van der Waals surface area (Å²) in [5.41, 5.74) is 3.18. The van der Waals surface area contributed by atoms with Crippen molar-refractivity contribution in [1.29, 1.82) is 0 Å². The number of hydrogen-bond donors (Lipinski definition) is 1. The zero-order chi connectivity index (χ0) is 15.4. The van der Waals surface area contributed by atoms with Gasteiger partial charge in [0.1, 0.15) is 4.47 Å². The fraction of sp³-hybridized carbons (Fsp3) is 0.200. The van der Waals surface area contributed by atoms with Crippen molar-refractivity contribution in [2.45, 2.75) is 19.9 Å². The highest BCUT2D eigenvalue weighted by atomic mass is 79.9. The first kappa shape index (κ1) is 16.0. The van der Waals surface area contributed by atoms with Crippen LogP contribution in [-0.4, -0.2) is 4.92 Å². The Hall–Kier alpha value is -1.40. The van der Waals surface area contributed by atoms with Gasteiger partial charge in [0, 0.05) is 22.8 Å².